The molecule has 0 saturated carbocycles. The number of para-hydroxylation sites is 1. The van der Waals surface area contributed by atoms with Crippen LogP contribution < -0.4 is 0 Å². The molecule has 1 fully saturated rings. The van der Waals surface area contributed by atoms with Crippen LogP contribution in [0.3, 0.4) is 0 Å². The zero-order valence-corrected chi connectivity index (χ0v) is 20.4. The minimum Gasteiger partial charge on any atom is -0.299 e. The van der Waals surface area contributed by atoms with Gasteiger partial charge in [0.15, 0.2) is 0 Å². The summed E-state index contributed by atoms with van der Waals surface area (Å²) in [5.41, 5.74) is 5.02. The molecule has 0 radical (unpaired) electrons. The number of hydrogen-bond acceptors (Lipinski definition) is 7. The van der Waals surface area contributed by atoms with E-state index in [9.17, 15) is 20.2 Å². The first-order chi connectivity index (χ1) is 17.4. The lowest BCUT2D eigenvalue weighted by Gasteiger charge is -2.38. The molecule has 36 heavy (non-hydrogen) atoms. The molecule has 2 aliphatic heterocycles. The normalized spacial score (nSPS) is 20.7. The zero-order valence-electron chi connectivity index (χ0n) is 19.6. The van der Waals surface area contributed by atoms with Crippen molar-refractivity contribution < 1.29 is 9.85 Å². The van der Waals surface area contributed by atoms with Crippen molar-refractivity contribution in [1.29, 1.82) is 0 Å². The molecular formula is C27H24N4O4S. The summed E-state index contributed by atoms with van der Waals surface area (Å²) < 4.78 is 0. The number of likely N-dealkylation sites (N-methyl/N-ethyl adjacent to an activating group) is 1. The summed E-state index contributed by atoms with van der Waals surface area (Å²) in [4.78, 5) is 30.1. The van der Waals surface area contributed by atoms with Crippen molar-refractivity contribution in [3.8, 4) is 0 Å². The van der Waals surface area contributed by atoms with Gasteiger partial charge in [0, 0.05) is 53.4 Å². The number of nitro groups is 2. The lowest BCUT2D eigenvalue weighted by atomic mass is 9.85. The SMILES string of the molecule is CCN1C/C(=C\c2ccc([N+](=O)[O-])cc2)C2=Nc3ccccc3S[C@H](c3ccc([N+](=O)[O-])cc3)C2C1. The van der Waals surface area contributed by atoms with Gasteiger partial charge in [-0.15, -0.1) is 11.8 Å². The quantitative estimate of drug-likeness (QED) is 0.294. The van der Waals surface area contributed by atoms with Crippen LogP contribution in [0.1, 0.15) is 23.3 Å². The first-order valence-electron chi connectivity index (χ1n) is 11.7. The number of benzene rings is 3. The van der Waals surface area contributed by atoms with Crippen LogP contribution in [0.4, 0.5) is 17.1 Å². The summed E-state index contributed by atoms with van der Waals surface area (Å²) in [6, 6.07) is 21.5. The Morgan fingerprint density at radius 1 is 0.972 bits per heavy atom. The average molecular weight is 501 g/mol. The number of thioether (sulfide) groups is 1. The van der Waals surface area contributed by atoms with Crippen molar-refractivity contribution in [3.05, 3.63) is 110 Å². The molecule has 182 valence electrons. The third-order valence-electron chi connectivity index (χ3n) is 6.58. The highest BCUT2D eigenvalue weighted by molar-refractivity contribution is 7.99. The van der Waals surface area contributed by atoms with E-state index in [4.69, 9.17) is 4.99 Å². The van der Waals surface area contributed by atoms with Gasteiger partial charge < -0.3 is 0 Å². The molecule has 0 spiro atoms. The Labute approximate surface area is 212 Å². The fourth-order valence-corrected chi connectivity index (χ4v) is 6.06. The Kier molecular flexibility index (Phi) is 6.67. The summed E-state index contributed by atoms with van der Waals surface area (Å²) in [7, 11) is 0. The smallest absolute Gasteiger partial charge is 0.269 e. The van der Waals surface area contributed by atoms with Gasteiger partial charge in [0.25, 0.3) is 11.4 Å². The molecule has 0 N–H and O–H groups in total. The first kappa shape index (κ1) is 23.9. The number of nitrogens with zero attached hydrogens (tertiary/aromatic N) is 4. The van der Waals surface area contributed by atoms with Crippen molar-refractivity contribution in [2.45, 2.75) is 17.1 Å². The molecule has 2 aliphatic rings. The van der Waals surface area contributed by atoms with E-state index in [-0.39, 0.29) is 27.5 Å². The minimum absolute atomic E-state index is 0.0165. The van der Waals surface area contributed by atoms with Crippen LogP contribution >= 0.6 is 11.8 Å². The van der Waals surface area contributed by atoms with Crippen LogP contribution in [0.15, 0.2) is 88.3 Å². The number of hydrogen-bond donors (Lipinski definition) is 0. The van der Waals surface area contributed by atoms with Gasteiger partial charge in [-0.05, 0) is 53.6 Å². The Morgan fingerprint density at radius 3 is 2.25 bits per heavy atom. The third kappa shape index (κ3) is 4.80. The topological polar surface area (TPSA) is 102 Å². The lowest BCUT2D eigenvalue weighted by Crippen LogP contribution is -2.44. The second-order valence-electron chi connectivity index (χ2n) is 8.80. The molecule has 0 aromatic heterocycles. The average Bonchev–Trinajstić information content (AvgIpc) is 3.06. The number of nitro benzene ring substituents is 2. The molecule has 0 aliphatic carbocycles. The Morgan fingerprint density at radius 2 is 1.61 bits per heavy atom. The van der Waals surface area contributed by atoms with Crippen molar-refractivity contribution >= 4 is 40.6 Å². The van der Waals surface area contributed by atoms with E-state index in [1.54, 1.807) is 36.0 Å². The number of aliphatic imine (C=N–C) groups is 1. The maximum Gasteiger partial charge on any atom is 0.269 e. The van der Waals surface area contributed by atoms with Crippen LogP contribution in [0.25, 0.3) is 6.08 Å². The summed E-state index contributed by atoms with van der Waals surface area (Å²) in [6.45, 7) is 4.54. The Balaban J connectivity index is 1.61. The minimum atomic E-state index is -0.398. The van der Waals surface area contributed by atoms with Gasteiger partial charge in [0.1, 0.15) is 0 Å². The number of fused-ring (bicyclic) bond motifs is 2. The fourth-order valence-electron chi connectivity index (χ4n) is 4.72. The maximum atomic E-state index is 11.2. The van der Waals surface area contributed by atoms with Crippen molar-refractivity contribution in [1.82, 2.24) is 4.90 Å². The zero-order chi connectivity index (χ0) is 25.2. The molecule has 2 atom stereocenters. The van der Waals surface area contributed by atoms with Crippen molar-refractivity contribution in [3.63, 3.8) is 0 Å². The monoisotopic (exact) mass is 500 g/mol. The summed E-state index contributed by atoms with van der Waals surface area (Å²) in [5, 5.41) is 22.3. The fraction of sp³-hybridized carbons (Fsp3) is 0.222. The molecule has 3 aromatic rings. The molecule has 1 saturated heterocycles. The van der Waals surface area contributed by atoms with E-state index in [1.165, 1.54) is 12.1 Å². The second-order valence-corrected chi connectivity index (χ2v) is 9.99. The van der Waals surface area contributed by atoms with Gasteiger partial charge >= 0.3 is 0 Å². The van der Waals surface area contributed by atoms with E-state index in [0.717, 1.165) is 52.6 Å². The molecule has 1 unspecified atom stereocenters. The van der Waals surface area contributed by atoms with Gasteiger partial charge in [0.2, 0.25) is 0 Å². The Bertz CT molecular complexity index is 1370. The van der Waals surface area contributed by atoms with Crippen LogP contribution in [-0.4, -0.2) is 40.1 Å². The highest BCUT2D eigenvalue weighted by Gasteiger charge is 2.38. The van der Waals surface area contributed by atoms with Crippen LogP contribution in [-0.2, 0) is 0 Å². The Hall–Kier alpha value is -3.82. The van der Waals surface area contributed by atoms with Gasteiger partial charge in [-0.1, -0.05) is 31.2 Å². The molecular weight excluding hydrogens is 476 g/mol. The van der Waals surface area contributed by atoms with E-state index in [2.05, 4.69) is 24.0 Å². The second kappa shape index (κ2) is 10.0. The highest BCUT2D eigenvalue weighted by atomic mass is 32.2. The largest absolute Gasteiger partial charge is 0.299 e. The summed E-state index contributed by atoms with van der Waals surface area (Å²) >= 11 is 1.74. The number of likely N-dealkylation sites (tertiary alicyclic amines) is 1. The molecule has 5 rings (SSSR count). The predicted molar refractivity (Wildman–Crippen MR) is 142 cm³/mol. The maximum absolute atomic E-state index is 11.2. The highest BCUT2D eigenvalue weighted by Crippen LogP contribution is 2.49. The molecule has 9 heteroatoms. The van der Waals surface area contributed by atoms with Crippen molar-refractivity contribution in [2.75, 3.05) is 19.6 Å². The van der Waals surface area contributed by atoms with E-state index in [1.807, 2.05) is 30.3 Å². The first-order valence-corrected chi connectivity index (χ1v) is 12.6. The number of non-ortho nitro benzene ring substituents is 2. The number of rotatable bonds is 5. The number of piperidine rings is 1. The van der Waals surface area contributed by atoms with Gasteiger partial charge in [-0.3, -0.25) is 30.1 Å². The van der Waals surface area contributed by atoms with Gasteiger partial charge in [-0.25, -0.2) is 0 Å². The van der Waals surface area contributed by atoms with E-state index < -0.39 is 4.92 Å². The van der Waals surface area contributed by atoms with Gasteiger partial charge in [0.05, 0.1) is 21.2 Å². The standard InChI is InChI=1S/C27H24N4O4S/c1-2-29-16-20(15-18-7-11-21(12-8-18)30(32)33)26-23(17-29)27(19-9-13-22(14-10-19)31(34)35)36-25-6-4-3-5-24(25)28-26/h3-15,23,27H,2,16-17H2,1H3/b20-15+/t23?,27-/m1/s1. The van der Waals surface area contributed by atoms with Crippen LogP contribution in [0.2, 0.25) is 0 Å². The summed E-state index contributed by atoms with van der Waals surface area (Å²) in [5.74, 6) is 0.0573. The van der Waals surface area contributed by atoms with Crippen molar-refractivity contribution in [2.24, 2.45) is 10.9 Å². The molecule has 3 aromatic carbocycles. The third-order valence-corrected chi connectivity index (χ3v) is 8.03. The predicted octanol–water partition coefficient (Wildman–Crippen LogP) is 6.46. The van der Waals surface area contributed by atoms with Crippen LogP contribution in [0, 0.1) is 26.1 Å². The molecule has 8 nitrogen and oxygen atoms in total. The van der Waals surface area contributed by atoms with Crippen LogP contribution in [0.5, 0.6) is 0 Å². The molecule has 0 bridgehead atoms. The van der Waals surface area contributed by atoms with Gasteiger partial charge in [-0.2, -0.15) is 0 Å². The molecule has 2 heterocycles. The summed E-state index contributed by atoms with van der Waals surface area (Å²) in [6.07, 6.45) is 2.07. The lowest BCUT2D eigenvalue weighted by molar-refractivity contribution is -0.385. The molecule has 0 amide bonds. The van der Waals surface area contributed by atoms with E-state index in [0.29, 0.717) is 0 Å². The van der Waals surface area contributed by atoms with E-state index >= 15 is 0 Å².